The number of benzene rings is 2. The molecule has 0 bridgehead atoms. The standard InChI is InChI=1S/C18H22N2O2/c1-4-14(2)13-15-5-9-17(10-6-15)20(21)19-16-7-11-18(22-3)12-8-16/h5-12,14H,4,13H2,1-3H3. The Bertz CT molecular complexity index is 619. The number of ether oxygens (including phenoxy) is 1. The van der Waals surface area contributed by atoms with E-state index in [4.69, 9.17) is 4.74 Å². The van der Waals surface area contributed by atoms with Crippen LogP contribution in [0.2, 0.25) is 0 Å². The molecule has 0 aromatic heterocycles. The highest BCUT2D eigenvalue weighted by molar-refractivity contribution is 5.40. The van der Waals surface area contributed by atoms with Crippen LogP contribution in [0.3, 0.4) is 0 Å². The fraction of sp³-hybridized carbons (Fsp3) is 0.333. The van der Waals surface area contributed by atoms with Crippen molar-refractivity contribution in [1.29, 1.82) is 0 Å². The monoisotopic (exact) mass is 298 g/mol. The van der Waals surface area contributed by atoms with Crippen LogP contribution in [0.5, 0.6) is 5.75 Å². The van der Waals surface area contributed by atoms with Crippen LogP contribution in [0.4, 0.5) is 11.4 Å². The molecule has 0 heterocycles. The molecule has 2 aromatic carbocycles. The Morgan fingerprint density at radius 3 is 2.27 bits per heavy atom. The first kappa shape index (κ1) is 16.0. The van der Waals surface area contributed by atoms with Crippen LogP contribution in [0.1, 0.15) is 25.8 Å². The van der Waals surface area contributed by atoms with Gasteiger partial charge in [0.2, 0.25) is 5.69 Å². The molecule has 0 radical (unpaired) electrons. The Morgan fingerprint density at radius 2 is 1.73 bits per heavy atom. The fourth-order valence-corrected chi connectivity index (χ4v) is 2.12. The van der Waals surface area contributed by atoms with E-state index < -0.39 is 0 Å². The quantitative estimate of drug-likeness (QED) is 0.417. The summed E-state index contributed by atoms with van der Waals surface area (Å²) < 4.78 is 5.08. The van der Waals surface area contributed by atoms with Crippen molar-refractivity contribution < 1.29 is 9.60 Å². The molecule has 0 aliphatic carbocycles. The fourth-order valence-electron chi connectivity index (χ4n) is 2.12. The second-order valence-corrected chi connectivity index (χ2v) is 5.45. The summed E-state index contributed by atoms with van der Waals surface area (Å²) in [5.41, 5.74) is 2.37. The molecule has 0 aliphatic rings. The van der Waals surface area contributed by atoms with E-state index in [-0.39, 0.29) is 0 Å². The number of nitrogens with zero attached hydrogens (tertiary/aromatic N) is 2. The van der Waals surface area contributed by atoms with Gasteiger partial charge in [0, 0.05) is 17.2 Å². The van der Waals surface area contributed by atoms with Crippen molar-refractivity contribution in [3.05, 3.63) is 59.3 Å². The van der Waals surface area contributed by atoms with E-state index in [1.807, 2.05) is 24.3 Å². The van der Waals surface area contributed by atoms with Gasteiger partial charge in [-0.3, -0.25) is 0 Å². The molecule has 2 aromatic rings. The van der Waals surface area contributed by atoms with E-state index in [2.05, 4.69) is 19.0 Å². The van der Waals surface area contributed by atoms with Gasteiger partial charge in [0.15, 0.2) is 0 Å². The summed E-state index contributed by atoms with van der Waals surface area (Å²) in [5, 5.41) is 16.1. The van der Waals surface area contributed by atoms with Gasteiger partial charge in [0.05, 0.1) is 7.11 Å². The lowest BCUT2D eigenvalue weighted by atomic mass is 9.99. The van der Waals surface area contributed by atoms with Gasteiger partial charge in [-0.05, 0) is 42.2 Å². The normalized spacial score (nSPS) is 13.0. The van der Waals surface area contributed by atoms with Gasteiger partial charge in [-0.15, -0.1) is 0 Å². The molecule has 4 nitrogen and oxygen atoms in total. The summed E-state index contributed by atoms with van der Waals surface area (Å²) in [5.74, 6) is 1.39. The molecule has 0 fully saturated rings. The highest BCUT2D eigenvalue weighted by Crippen LogP contribution is 2.21. The van der Waals surface area contributed by atoms with Crippen molar-refractivity contribution in [2.24, 2.45) is 11.0 Å². The lowest BCUT2D eigenvalue weighted by Gasteiger charge is -2.08. The molecule has 0 aliphatic heterocycles. The molecule has 22 heavy (non-hydrogen) atoms. The number of azo groups is 1. The van der Waals surface area contributed by atoms with Gasteiger partial charge in [0.25, 0.3) is 0 Å². The molecular formula is C18H22N2O2. The van der Waals surface area contributed by atoms with Crippen LogP contribution < -0.4 is 4.74 Å². The summed E-state index contributed by atoms with van der Waals surface area (Å²) in [6.45, 7) is 4.42. The smallest absolute Gasteiger partial charge is 0.244 e. The molecule has 0 amide bonds. The first-order valence-electron chi connectivity index (χ1n) is 7.54. The third kappa shape index (κ3) is 4.32. The van der Waals surface area contributed by atoms with Gasteiger partial charge in [-0.1, -0.05) is 37.3 Å². The lowest BCUT2D eigenvalue weighted by molar-refractivity contribution is -0.435. The zero-order valence-corrected chi connectivity index (χ0v) is 13.3. The van der Waals surface area contributed by atoms with Crippen molar-refractivity contribution in [3.8, 4) is 5.75 Å². The van der Waals surface area contributed by atoms with Crippen LogP contribution in [-0.2, 0) is 6.42 Å². The van der Waals surface area contributed by atoms with Crippen molar-refractivity contribution in [2.75, 3.05) is 7.11 Å². The Morgan fingerprint density at radius 1 is 1.09 bits per heavy atom. The summed E-state index contributed by atoms with van der Waals surface area (Å²) >= 11 is 0. The van der Waals surface area contributed by atoms with Gasteiger partial charge >= 0.3 is 0 Å². The maximum absolute atomic E-state index is 12.1. The van der Waals surface area contributed by atoms with Gasteiger partial charge in [-0.25, -0.2) is 0 Å². The zero-order valence-electron chi connectivity index (χ0n) is 13.3. The maximum atomic E-state index is 12.1. The maximum Gasteiger partial charge on any atom is 0.244 e. The summed E-state index contributed by atoms with van der Waals surface area (Å²) in [6.07, 6.45) is 2.19. The zero-order chi connectivity index (χ0) is 15.9. The van der Waals surface area contributed by atoms with Crippen LogP contribution >= 0.6 is 0 Å². The third-order valence-electron chi connectivity index (χ3n) is 3.72. The van der Waals surface area contributed by atoms with Crippen LogP contribution in [-0.4, -0.2) is 12.0 Å². The van der Waals surface area contributed by atoms with Crippen molar-refractivity contribution in [1.82, 2.24) is 0 Å². The van der Waals surface area contributed by atoms with Crippen molar-refractivity contribution in [3.63, 3.8) is 0 Å². The molecule has 1 atom stereocenters. The predicted octanol–water partition coefficient (Wildman–Crippen LogP) is 5.21. The molecule has 0 saturated carbocycles. The van der Waals surface area contributed by atoms with Crippen LogP contribution in [0.15, 0.2) is 53.6 Å². The highest BCUT2D eigenvalue weighted by atomic mass is 16.5. The average Bonchev–Trinajstić information content (AvgIpc) is 2.56. The molecule has 0 spiro atoms. The summed E-state index contributed by atoms with van der Waals surface area (Å²) in [6, 6.07) is 14.7. The minimum Gasteiger partial charge on any atom is -0.594 e. The SMILES string of the molecule is CCC(C)Cc1ccc([N+]([O-])=Nc2ccc(OC)cc2)cc1. The highest BCUT2D eigenvalue weighted by Gasteiger charge is 2.06. The average molecular weight is 298 g/mol. The van der Waals surface area contributed by atoms with E-state index in [0.717, 1.165) is 18.6 Å². The van der Waals surface area contributed by atoms with E-state index in [1.54, 1.807) is 31.4 Å². The Balaban J connectivity index is 2.10. The molecule has 0 saturated heterocycles. The van der Waals surface area contributed by atoms with Crippen molar-refractivity contribution in [2.45, 2.75) is 26.7 Å². The topological polar surface area (TPSA) is 47.7 Å². The lowest BCUT2D eigenvalue weighted by Crippen LogP contribution is -1.98. The number of rotatable bonds is 6. The number of hydrogen-bond acceptors (Lipinski definition) is 3. The minimum atomic E-state index is 0.531. The minimum absolute atomic E-state index is 0.531. The van der Waals surface area contributed by atoms with E-state index >= 15 is 0 Å². The van der Waals surface area contributed by atoms with Gasteiger partial charge in [-0.2, -0.15) is 0 Å². The molecule has 4 heteroatoms. The largest absolute Gasteiger partial charge is 0.594 e. The molecule has 2 rings (SSSR count). The van der Waals surface area contributed by atoms with E-state index in [1.165, 1.54) is 5.56 Å². The third-order valence-corrected chi connectivity index (χ3v) is 3.72. The number of methoxy groups -OCH3 is 1. The molecule has 1 unspecified atom stereocenters. The summed E-state index contributed by atoms with van der Waals surface area (Å²) in [4.78, 5) is 0.648. The van der Waals surface area contributed by atoms with Gasteiger partial charge in [0.1, 0.15) is 11.4 Å². The van der Waals surface area contributed by atoms with Crippen LogP contribution in [0, 0.1) is 11.1 Å². The first-order valence-corrected chi connectivity index (χ1v) is 7.54. The van der Waals surface area contributed by atoms with Gasteiger partial charge < -0.3 is 9.94 Å². The number of hydrogen-bond donors (Lipinski definition) is 0. The van der Waals surface area contributed by atoms with Crippen LogP contribution in [0.25, 0.3) is 0 Å². The Kier molecular flexibility index (Phi) is 5.53. The Labute approximate surface area is 131 Å². The summed E-state index contributed by atoms with van der Waals surface area (Å²) in [7, 11) is 1.60. The molecular weight excluding hydrogens is 276 g/mol. The van der Waals surface area contributed by atoms with E-state index in [0.29, 0.717) is 22.2 Å². The van der Waals surface area contributed by atoms with Crippen molar-refractivity contribution >= 4 is 11.4 Å². The predicted molar refractivity (Wildman–Crippen MR) is 88.0 cm³/mol. The molecule has 116 valence electrons. The molecule has 0 N–H and O–H groups in total. The second kappa shape index (κ2) is 7.59. The second-order valence-electron chi connectivity index (χ2n) is 5.45. The van der Waals surface area contributed by atoms with E-state index in [9.17, 15) is 5.21 Å². The Hall–Kier alpha value is -2.36. The first-order chi connectivity index (χ1) is 10.6.